The van der Waals surface area contributed by atoms with Crippen molar-refractivity contribution in [3.63, 3.8) is 0 Å². The highest BCUT2D eigenvalue weighted by molar-refractivity contribution is 5.75. The molecule has 4 nitrogen and oxygen atoms in total. The Hall–Kier alpha value is -1.88. The van der Waals surface area contributed by atoms with Crippen molar-refractivity contribution >= 4 is 6.03 Å². The third-order valence-corrected chi connectivity index (χ3v) is 5.30. The predicted molar refractivity (Wildman–Crippen MR) is 86.7 cm³/mol. The number of urea groups is 1. The fourth-order valence-electron chi connectivity index (χ4n) is 3.98. The van der Waals surface area contributed by atoms with Gasteiger partial charge in [-0.2, -0.15) is 0 Å². The Bertz CT molecular complexity index is 637. The van der Waals surface area contributed by atoms with Gasteiger partial charge in [0, 0.05) is 32.2 Å². The first-order valence-corrected chi connectivity index (χ1v) is 8.43. The average Bonchev–Trinajstić information content (AvgIpc) is 3.27. The van der Waals surface area contributed by atoms with Gasteiger partial charge in [-0.25, -0.2) is 9.18 Å². The van der Waals surface area contributed by atoms with Gasteiger partial charge in [0.05, 0.1) is 6.04 Å². The van der Waals surface area contributed by atoms with E-state index in [-0.39, 0.29) is 17.9 Å². The van der Waals surface area contributed by atoms with Gasteiger partial charge < -0.3 is 10.2 Å². The van der Waals surface area contributed by atoms with Crippen LogP contribution in [0.4, 0.5) is 9.18 Å². The number of hydrogen-bond acceptors (Lipinski definition) is 2. The van der Waals surface area contributed by atoms with Crippen LogP contribution in [-0.2, 0) is 6.42 Å². The van der Waals surface area contributed by atoms with Crippen LogP contribution in [0.5, 0.6) is 0 Å². The summed E-state index contributed by atoms with van der Waals surface area (Å²) in [5.74, 6) is -0.229. The molecule has 1 fully saturated rings. The maximum Gasteiger partial charge on any atom is 0.317 e. The summed E-state index contributed by atoms with van der Waals surface area (Å²) in [5, 5.41) is 3.10. The van der Waals surface area contributed by atoms with Crippen molar-refractivity contribution in [2.45, 2.75) is 31.3 Å². The molecule has 2 amide bonds. The molecule has 1 aromatic carbocycles. The molecule has 3 aliphatic rings. The van der Waals surface area contributed by atoms with Gasteiger partial charge in [-0.05, 0) is 42.5 Å². The van der Waals surface area contributed by atoms with Gasteiger partial charge in [-0.1, -0.05) is 18.2 Å². The Morgan fingerprint density at radius 2 is 2.04 bits per heavy atom. The number of amides is 2. The van der Waals surface area contributed by atoms with E-state index in [1.165, 1.54) is 6.07 Å². The van der Waals surface area contributed by atoms with Gasteiger partial charge in [-0.3, -0.25) is 4.90 Å². The van der Waals surface area contributed by atoms with Gasteiger partial charge in [0.1, 0.15) is 5.82 Å². The number of fused-ring (bicyclic) bond motifs is 1. The third kappa shape index (κ3) is 2.85. The number of likely N-dealkylation sites (tertiary alicyclic amines) is 1. The minimum atomic E-state index is -0.229. The number of halogens is 1. The minimum Gasteiger partial charge on any atom is -0.331 e. The summed E-state index contributed by atoms with van der Waals surface area (Å²) in [6.45, 7) is 3.58. The van der Waals surface area contributed by atoms with Crippen molar-refractivity contribution in [1.29, 1.82) is 0 Å². The van der Waals surface area contributed by atoms with E-state index in [0.717, 1.165) is 56.6 Å². The molecule has 0 unspecified atom stereocenters. The number of benzene rings is 1. The second-order valence-electron chi connectivity index (χ2n) is 6.70. The van der Waals surface area contributed by atoms with E-state index in [2.05, 4.69) is 22.4 Å². The van der Waals surface area contributed by atoms with Crippen LogP contribution in [0.25, 0.3) is 0 Å². The molecule has 0 spiro atoms. The van der Waals surface area contributed by atoms with E-state index in [1.807, 2.05) is 11.0 Å². The largest absolute Gasteiger partial charge is 0.331 e. The minimum absolute atomic E-state index is 0.0123. The Labute approximate surface area is 136 Å². The van der Waals surface area contributed by atoms with Crippen molar-refractivity contribution in [2.24, 2.45) is 0 Å². The monoisotopic (exact) mass is 315 g/mol. The van der Waals surface area contributed by atoms with Crippen LogP contribution >= 0.6 is 0 Å². The molecule has 122 valence electrons. The summed E-state index contributed by atoms with van der Waals surface area (Å²) in [6, 6.07) is 5.29. The number of hydrogen-bond donors (Lipinski definition) is 1. The molecule has 0 radical (unpaired) electrons. The summed E-state index contributed by atoms with van der Waals surface area (Å²) < 4.78 is 13.5. The molecule has 2 heterocycles. The Morgan fingerprint density at radius 3 is 2.87 bits per heavy atom. The van der Waals surface area contributed by atoms with Gasteiger partial charge in [0.25, 0.3) is 0 Å². The fraction of sp³-hybridized carbons (Fsp3) is 0.500. The van der Waals surface area contributed by atoms with Gasteiger partial charge in [0.2, 0.25) is 0 Å². The molecule has 1 N–H and O–H groups in total. The second kappa shape index (κ2) is 5.96. The molecule has 1 aromatic rings. The SMILES string of the molecule is O=C(N[C@@H]1CCc2ccc(F)cc21)N1CC[C@@H](N2CC=CC2)C1. The lowest BCUT2D eigenvalue weighted by Gasteiger charge is -2.25. The van der Waals surface area contributed by atoms with Crippen molar-refractivity contribution in [3.8, 4) is 0 Å². The zero-order chi connectivity index (χ0) is 15.8. The van der Waals surface area contributed by atoms with E-state index in [0.29, 0.717) is 6.04 Å². The van der Waals surface area contributed by atoms with Crippen LogP contribution in [-0.4, -0.2) is 48.1 Å². The van der Waals surface area contributed by atoms with Gasteiger partial charge >= 0.3 is 6.03 Å². The summed E-state index contributed by atoms with van der Waals surface area (Å²) >= 11 is 0. The smallest absolute Gasteiger partial charge is 0.317 e. The van der Waals surface area contributed by atoms with Gasteiger partial charge in [-0.15, -0.1) is 0 Å². The Kier molecular flexibility index (Phi) is 3.81. The molecule has 23 heavy (non-hydrogen) atoms. The van der Waals surface area contributed by atoms with Crippen LogP contribution in [0.2, 0.25) is 0 Å². The standard InChI is InChI=1S/C18H22FN3O/c19-14-5-3-13-4-6-17(16(13)11-14)20-18(23)22-10-7-15(12-22)21-8-1-2-9-21/h1-3,5,11,15,17H,4,6-10,12H2,(H,20,23)/t15-,17-/m1/s1. The molecule has 0 saturated carbocycles. The van der Waals surface area contributed by atoms with E-state index < -0.39 is 0 Å². The lowest BCUT2D eigenvalue weighted by molar-refractivity contribution is 0.196. The highest BCUT2D eigenvalue weighted by atomic mass is 19.1. The van der Waals surface area contributed by atoms with Crippen LogP contribution in [0.1, 0.15) is 30.0 Å². The van der Waals surface area contributed by atoms with Crippen molar-refractivity contribution in [2.75, 3.05) is 26.2 Å². The first-order chi connectivity index (χ1) is 11.2. The fourth-order valence-corrected chi connectivity index (χ4v) is 3.98. The highest BCUT2D eigenvalue weighted by Crippen LogP contribution is 2.32. The molecule has 5 heteroatoms. The van der Waals surface area contributed by atoms with Crippen LogP contribution in [0, 0.1) is 5.82 Å². The summed E-state index contributed by atoms with van der Waals surface area (Å²) in [7, 11) is 0. The molecule has 2 aliphatic heterocycles. The zero-order valence-electron chi connectivity index (χ0n) is 13.2. The first-order valence-electron chi connectivity index (χ1n) is 8.43. The van der Waals surface area contributed by atoms with Crippen LogP contribution < -0.4 is 5.32 Å². The second-order valence-corrected chi connectivity index (χ2v) is 6.70. The summed E-state index contributed by atoms with van der Waals surface area (Å²) in [6.07, 6.45) is 7.17. The highest BCUT2D eigenvalue weighted by Gasteiger charge is 2.32. The molecular weight excluding hydrogens is 293 g/mol. The van der Waals surface area contributed by atoms with E-state index in [1.54, 1.807) is 6.07 Å². The lowest BCUT2D eigenvalue weighted by atomic mass is 10.1. The molecule has 0 bridgehead atoms. The number of carbonyl (C=O) groups excluding carboxylic acids is 1. The summed E-state index contributed by atoms with van der Waals surface area (Å²) in [4.78, 5) is 16.9. The van der Waals surface area contributed by atoms with Crippen LogP contribution in [0.3, 0.4) is 0 Å². The molecular formula is C18H22FN3O. The maximum absolute atomic E-state index is 13.5. The molecule has 1 saturated heterocycles. The predicted octanol–water partition coefficient (Wildman–Crippen LogP) is 2.47. The van der Waals surface area contributed by atoms with Crippen LogP contribution in [0.15, 0.2) is 30.4 Å². The topological polar surface area (TPSA) is 35.6 Å². The van der Waals surface area contributed by atoms with Crippen molar-refractivity contribution in [1.82, 2.24) is 15.1 Å². The number of carbonyl (C=O) groups is 1. The Morgan fingerprint density at radius 1 is 1.22 bits per heavy atom. The summed E-state index contributed by atoms with van der Waals surface area (Å²) in [5.41, 5.74) is 2.09. The number of aryl methyl sites for hydroxylation is 1. The van der Waals surface area contributed by atoms with Crippen molar-refractivity contribution in [3.05, 3.63) is 47.3 Å². The Balaban J connectivity index is 1.37. The van der Waals surface area contributed by atoms with Crippen molar-refractivity contribution < 1.29 is 9.18 Å². The normalized spacial score (nSPS) is 26.7. The van der Waals surface area contributed by atoms with Gasteiger partial charge in [0.15, 0.2) is 0 Å². The number of rotatable bonds is 2. The van der Waals surface area contributed by atoms with E-state index >= 15 is 0 Å². The molecule has 0 aromatic heterocycles. The maximum atomic E-state index is 13.5. The lowest BCUT2D eigenvalue weighted by Crippen LogP contribution is -2.42. The number of nitrogens with zero attached hydrogens (tertiary/aromatic N) is 2. The third-order valence-electron chi connectivity index (χ3n) is 5.30. The first kappa shape index (κ1) is 14.7. The van der Waals surface area contributed by atoms with E-state index in [9.17, 15) is 9.18 Å². The molecule has 4 rings (SSSR count). The zero-order valence-corrected chi connectivity index (χ0v) is 13.2. The van der Waals surface area contributed by atoms with E-state index in [4.69, 9.17) is 0 Å². The number of nitrogens with one attached hydrogen (secondary N) is 1. The molecule has 1 aliphatic carbocycles. The molecule has 2 atom stereocenters. The average molecular weight is 315 g/mol. The quantitative estimate of drug-likeness (QED) is 0.851.